The van der Waals surface area contributed by atoms with E-state index in [0.29, 0.717) is 117 Å². The Balaban J connectivity index is 0.000000212. The highest BCUT2D eigenvalue weighted by Crippen LogP contribution is 2.52. The van der Waals surface area contributed by atoms with Crippen LogP contribution >= 0.6 is 0 Å². The van der Waals surface area contributed by atoms with Gasteiger partial charge in [0, 0.05) is 104 Å². The Hall–Kier alpha value is -4.10. The zero-order valence-corrected chi connectivity index (χ0v) is 76.2. The molecule has 0 saturated carbocycles. The number of methoxy groups -OCH3 is 4. The summed E-state index contributed by atoms with van der Waals surface area (Å²) in [5, 5.41) is 68.4. The van der Waals surface area contributed by atoms with Crippen LogP contribution in [0.5, 0.6) is 0 Å². The molecule has 4 bridgehead atoms. The lowest BCUT2D eigenvalue weighted by atomic mass is 9.71. The van der Waals surface area contributed by atoms with Crippen molar-refractivity contribution in [2.75, 3.05) is 41.7 Å². The zero-order chi connectivity index (χ0) is 88.6. The van der Waals surface area contributed by atoms with Gasteiger partial charge in [-0.1, -0.05) is 123 Å². The van der Waals surface area contributed by atoms with Crippen LogP contribution in [0.3, 0.4) is 0 Å². The fraction of sp³-hybridized carbons (Fsp3) is 0.811. The molecule has 39 atom stereocenters. The van der Waals surface area contributed by atoms with Gasteiger partial charge in [-0.15, -0.1) is 0 Å². The van der Waals surface area contributed by atoms with E-state index in [9.17, 15) is 40.2 Å². The minimum atomic E-state index is -1.82. The molecular weight excluding hydrogens is 1590 g/mol. The van der Waals surface area contributed by atoms with Crippen molar-refractivity contribution in [1.82, 2.24) is 0 Å². The SMILES string of the molecule is CCC(C)[C@H]1O[C@]2(CC[C@@H]1C)C[C@@H]1C[C@@H](C/C=C(\C)[C@@H](O[C@H]3C[C@H](OC)[C@@H](O[C@H]4C[C@H](OC)[C@@H](O)[C@H](C)O4)[C@H](C)O3)[C@@H](C)C=CC=C3CO[C@@H]4[C@H](O)C(C)=C[C@@H](C(=O)O1)[C@]34O)O2.CO[C@H]1C[C@H](O[C@H]2[C@H](C)O[C@@H](O[C@@H]3/C(C)=C/C[C@@H]4C[C@@H](C[C@]5(CC[C@H](C)[C@@H](C(C)C)O5)O4)OC(=O)[C@@H]4C=C(C)[C@@H](O)[C@H]5OC/C(=C\C=C\[C@@H]3C)[C@]54O)C[C@@H]2OC)O[C@@H](C)[C@@H]1O. The maximum absolute atomic E-state index is 14.4. The predicted octanol–water partition coefficient (Wildman–Crippen LogP) is 10.8. The molecule has 6 N–H and O–H groups in total. The van der Waals surface area contributed by atoms with E-state index >= 15 is 0 Å². The van der Waals surface area contributed by atoms with Crippen LogP contribution in [0.2, 0.25) is 0 Å². The Kier molecular flexibility index (Phi) is 31.9. The fourth-order valence-corrected chi connectivity index (χ4v) is 21.8. The molecule has 1 unspecified atom stereocenters. The van der Waals surface area contributed by atoms with Crippen molar-refractivity contribution in [2.45, 2.75) is 402 Å². The van der Waals surface area contributed by atoms with Crippen molar-refractivity contribution in [3.8, 4) is 0 Å². The van der Waals surface area contributed by atoms with Crippen molar-refractivity contribution < 1.29 is 135 Å². The maximum Gasteiger partial charge on any atom is 0.316 e. The number of aliphatic hydroxyl groups excluding tert-OH is 4. The number of rotatable bonds is 15. The fourth-order valence-electron chi connectivity index (χ4n) is 21.8. The monoisotopic (exact) mass is 1740 g/mol. The number of hydrogen-bond acceptors (Lipinski definition) is 28. The van der Waals surface area contributed by atoms with E-state index in [1.165, 1.54) is 0 Å². The van der Waals surface area contributed by atoms with Crippen LogP contribution < -0.4 is 0 Å². The second-order valence-corrected chi connectivity index (χ2v) is 38.6. The van der Waals surface area contributed by atoms with Crippen molar-refractivity contribution >= 4 is 11.9 Å². The van der Waals surface area contributed by atoms with Gasteiger partial charge in [0.1, 0.15) is 84.1 Å². The van der Waals surface area contributed by atoms with Crippen molar-refractivity contribution in [3.05, 3.63) is 94.2 Å². The quantitative estimate of drug-likeness (QED) is 0.0655. The molecule has 0 radical (unpaired) electrons. The lowest BCUT2D eigenvalue weighted by molar-refractivity contribution is -0.341. The van der Waals surface area contributed by atoms with Gasteiger partial charge in [0.15, 0.2) is 36.7 Å². The second kappa shape index (κ2) is 40.7. The minimum absolute atomic E-state index is 0.00708. The number of carbonyl (C=O) groups excluding carboxylic acids is 2. The minimum Gasteiger partial charge on any atom is -0.462 e. The first kappa shape index (κ1) is 96.5. The second-order valence-electron chi connectivity index (χ2n) is 38.6. The van der Waals surface area contributed by atoms with Crippen LogP contribution in [0.15, 0.2) is 94.2 Å². The standard InChI is InChI=1S/C48H74O14.C47H72O14/c1-11-25(2)43-28(5)17-18-47(62-43)23-34-20-33(61-47)16-15-27(4)42(26(3)13-12-14-32-24-55-45-40(49)29(6)19-35(46(51)58-34)48(32,45)52)59-39-22-37(54-10)44(31(8)57-39)60-38-21-36(53-9)41(50)30(7)56-38;1-24(2)41-27(5)16-17-46(61-41)22-33-19-32(60-46)15-14-26(4)42(25(3)12-11-13-31-23-54-44-39(48)28(6)18-34(45(50)57-33)47(31,44)51)58-38-21-36(53-10)43(30(8)56-38)59-37-20-35(52-9)40(49)29(7)55-37/h12-15,19,25-26,28,30-31,33-45,49-50,52H,11,16-18,20-24H2,1-10H3;11-14,18,24-25,27,29-30,32-44,48-49,51H,15-17,19-23H2,1-10H3/b13-12?,27-15+,32-14?;12-11+,26-14+,31-13+/t25?,26-,28-,30-,31-,33+,34-,35-,36-,37-,38-,39-,40+,41-,42-,43+,44-,45+,47+,48+;25-,27-,29-,30-,32+,33-,34-,35-,36-,37-,38-,39+,40-,41+,42-,43-,44+,46+,47+/m00/s1. The van der Waals surface area contributed by atoms with Crippen molar-refractivity contribution in [2.24, 2.45) is 47.3 Å². The van der Waals surface area contributed by atoms with E-state index in [1.54, 1.807) is 80.4 Å². The largest absolute Gasteiger partial charge is 0.462 e. The van der Waals surface area contributed by atoms with E-state index in [4.69, 9.17) is 94.7 Å². The van der Waals surface area contributed by atoms with Crippen LogP contribution in [-0.4, -0.2) is 279 Å². The Bertz CT molecular complexity index is 3810. The molecule has 694 valence electrons. The van der Waals surface area contributed by atoms with Gasteiger partial charge in [-0.2, -0.15) is 0 Å². The summed E-state index contributed by atoms with van der Waals surface area (Å²) in [5.41, 5.74) is 0.372. The molecule has 0 aromatic carbocycles. The first-order valence-electron chi connectivity index (χ1n) is 45.8. The Morgan fingerprint density at radius 1 is 0.472 bits per heavy atom. The smallest absolute Gasteiger partial charge is 0.316 e. The average Bonchev–Trinajstić information content (AvgIpc) is 1.61. The number of allylic oxidation sites excluding steroid dienone is 4. The first-order chi connectivity index (χ1) is 58.5. The summed E-state index contributed by atoms with van der Waals surface area (Å²) in [6, 6.07) is 0. The number of hydrogen-bond donors (Lipinski definition) is 6. The van der Waals surface area contributed by atoms with Gasteiger partial charge in [-0.3, -0.25) is 9.59 Å². The van der Waals surface area contributed by atoms with Crippen LogP contribution in [0.1, 0.15) is 207 Å². The van der Waals surface area contributed by atoms with Gasteiger partial charge >= 0.3 is 11.9 Å². The summed E-state index contributed by atoms with van der Waals surface area (Å²) in [4.78, 5) is 28.7. The number of carbonyl (C=O) groups is 2. The summed E-state index contributed by atoms with van der Waals surface area (Å²) in [7, 11) is 6.45. The predicted molar refractivity (Wildman–Crippen MR) is 450 cm³/mol. The van der Waals surface area contributed by atoms with Crippen molar-refractivity contribution in [3.63, 3.8) is 0 Å². The molecule has 28 nitrogen and oxygen atoms in total. The van der Waals surface area contributed by atoms with E-state index in [2.05, 4.69) is 81.4 Å². The summed E-state index contributed by atoms with van der Waals surface area (Å²) in [6.07, 6.45) is 12.1. The highest BCUT2D eigenvalue weighted by Gasteiger charge is 2.63. The van der Waals surface area contributed by atoms with Gasteiger partial charge < -0.3 is 125 Å². The number of ether oxygens (including phenoxy) is 20. The zero-order valence-electron chi connectivity index (χ0n) is 76.2. The highest BCUT2D eigenvalue weighted by atomic mass is 16.8. The first-order valence-corrected chi connectivity index (χ1v) is 45.8. The molecule has 2 aliphatic carbocycles. The van der Waals surface area contributed by atoms with Gasteiger partial charge in [0.25, 0.3) is 0 Å². The molecule has 12 heterocycles. The van der Waals surface area contributed by atoms with E-state index in [-0.39, 0.29) is 67.6 Å². The van der Waals surface area contributed by atoms with Crippen molar-refractivity contribution in [1.29, 1.82) is 0 Å². The molecule has 0 aromatic heterocycles. The van der Waals surface area contributed by atoms with E-state index in [0.717, 1.165) is 30.4 Å². The van der Waals surface area contributed by atoms with Gasteiger partial charge in [0.05, 0.1) is 98.7 Å². The Morgan fingerprint density at radius 2 is 0.846 bits per heavy atom. The van der Waals surface area contributed by atoms with Gasteiger partial charge in [0.2, 0.25) is 0 Å². The third-order valence-electron chi connectivity index (χ3n) is 29.3. The van der Waals surface area contributed by atoms with Gasteiger partial charge in [-0.25, -0.2) is 0 Å². The molecule has 10 saturated heterocycles. The summed E-state index contributed by atoms with van der Waals surface area (Å²) < 4.78 is 128. The molecule has 123 heavy (non-hydrogen) atoms. The van der Waals surface area contributed by atoms with Crippen LogP contribution in [0, 0.1) is 47.3 Å². The Labute approximate surface area is 728 Å². The average molecular weight is 1740 g/mol. The molecule has 14 aliphatic rings. The normalized spacial score (nSPS) is 48.8. The molecule has 28 heteroatoms. The summed E-state index contributed by atoms with van der Waals surface area (Å²) in [5.74, 6) is -4.25. The van der Waals surface area contributed by atoms with Gasteiger partial charge in [-0.05, 0) is 138 Å². The van der Waals surface area contributed by atoms with Crippen LogP contribution in [0.4, 0.5) is 0 Å². The molecule has 14 rings (SSSR count). The molecule has 2 spiro atoms. The molecule has 0 amide bonds. The third kappa shape index (κ3) is 20.8. The molecular formula is C95H146O28. The van der Waals surface area contributed by atoms with Crippen LogP contribution in [0.25, 0.3) is 0 Å². The number of fused-ring (bicyclic) bond motifs is 4. The number of aliphatic hydroxyl groups is 6. The summed E-state index contributed by atoms with van der Waals surface area (Å²) >= 11 is 0. The summed E-state index contributed by atoms with van der Waals surface area (Å²) in [6.45, 7) is 32.5. The lowest BCUT2D eigenvalue weighted by Crippen LogP contribution is -2.58. The topological polar surface area (TPSA) is 340 Å². The van der Waals surface area contributed by atoms with E-state index < -0.39 is 182 Å². The van der Waals surface area contributed by atoms with E-state index in [1.807, 2.05) is 38.2 Å². The lowest BCUT2D eigenvalue weighted by Gasteiger charge is -2.51. The molecule has 0 aromatic rings. The number of esters is 2. The molecule has 12 aliphatic heterocycles. The highest BCUT2D eigenvalue weighted by molar-refractivity contribution is 5.79. The molecule has 10 fully saturated rings. The van der Waals surface area contributed by atoms with Crippen LogP contribution in [-0.2, 0) is 104 Å². The maximum atomic E-state index is 14.4. The third-order valence-corrected chi connectivity index (χ3v) is 29.3. The Morgan fingerprint density at radius 3 is 1.24 bits per heavy atom.